The molecule has 4 rings (SSSR count). The lowest BCUT2D eigenvalue weighted by Crippen LogP contribution is -2.07. The number of carbonyl (C=O) groups is 1. The number of amides is 1. The Hall–Kier alpha value is -3.92. The van der Waals surface area contributed by atoms with Gasteiger partial charge in [0.25, 0.3) is 0 Å². The largest absolute Gasteiger partial charge is 0.323 e. The van der Waals surface area contributed by atoms with Crippen molar-refractivity contribution in [1.29, 1.82) is 0 Å². The summed E-state index contributed by atoms with van der Waals surface area (Å²) in [6, 6.07) is 27.6. The van der Waals surface area contributed by atoms with Crippen LogP contribution in [0.2, 0.25) is 0 Å². The van der Waals surface area contributed by atoms with Gasteiger partial charge in [-0.15, -0.1) is 0 Å². The van der Waals surface area contributed by atoms with Crippen LogP contribution in [0.15, 0.2) is 97.2 Å². The van der Waals surface area contributed by atoms with Crippen molar-refractivity contribution < 1.29 is 4.79 Å². The number of hydrogen-bond acceptors (Lipinski definition) is 2. The fourth-order valence-corrected chi connectivity index (χ4v) is 3.03. The molecule has 0 saturated carbocycles. The minimum Gasteiger partial charge on any atom is -0.323 e. The van der Waals surface area contributed by atoms with Gasteiger partial charge in [0.1, 0.15) is 0 Å². The van der Waals surface area contributed by atoms with E-state index < -0.39 is 0 Å². The van der Waals surface area contributed by atoms with Crippen molar-refractivity contribution in [3.05, 3.63) is 108 Å². The summed E-state index contributed by atoms with van der Waals surface area (Å²) in [4.78, 5) is 12.4. The Morgan fingerprint density at radius 3 is 2.24 bits per heavy atom. The van der Waals surface area contributed by atoms with E-state index in [0.29, 0.717) is 0 Å². The van der Waals surface area contributed by atoms with Crippen LogP contribution in [0.1, 0.15) is 11.1 Å². The molecule has 4 aromatic rings. The zero-order chi connectivity index (χ0) is 20.1. The van der Waals surface area contributed by atoms with E-state index in [1.807, 2.05) is 103 Å². The molecule has 0 unspecified atom stereocenters. The van der Waals surface area contributed by atoms with Gasteiger partial charge < -0.3 is 5.32 Å². The number of carbonyl (C=O) groups excluding carboxylic acids is 1. The molecule has 0 radical (unpaired) electrons. The Bertz CT molecular complexity index is 1130. The molecule has 1 aromatic heterocycles. The molecular formula is C25H21N3O. The molecule has 0 fully saturated rings. The van der Waals surface area contributed by atoms with E-state index in [4.69, 9.17) is 5.10 Å². The number of anilines is 1. The fourth-order valence-electron chi connectivity index (χ4n) is 3.03. The summed E-state index contributed by atoms with van der Waals surface area (Å²) in [5.41, 5.74) is 5.59. The first-order chi connectivity index (χ1) is 14.2. The number of rotatable bonds is 5. The Balaban J connectivity index is 1.63. The average molecular weight is 379 g/mol. The number of benzene rings is 3. The van der Waals surface area contributed by atoms with Gasteiger partial charge in [-0.1, -0.05) is 66.2 Å². The second kappa shape index (κ2) is 8.40. The summed E-state index contributed by atoms with van der Waals surface area (Å²) in [5, 5.41) is 7.64. The molecule has 1 heterocycles. The third-order valence-electron chi connectivity index (χ3n) is 4.54. The van der Waals surface area contributed by atoms with Crippen molar-refractivity contribution in [2.75, 3.05) is 5.32 Å². The standard InChI is InChI=1S/C25H21N3O/c1-19-12-15-22(16-13-19)26-24(29)17-14-21-18-28(23-10-6-3-7-11-23)27-25(21)20-8-4-2-5-9-20/h2-18H,1H3,(H,26,29). The molecule has 0 aliphatic heterocycles. The summed E-state index contributed by atoms with van der Waals surface area (Å²) < 4.78 is 1.83. The molecule has 142 valence electrons. The Labute approximate surface area is 170 Å². The zero-order valence-electron chi connectivity index (χ0n) is 16.1. The van der Waals surface area contributed by atoms with Crippen molar-refractivity contribution in [2.45, 2.75) is 6.92 Å². The van der Waals surface area contributed by atoms with Crippen molar-refractivity contribution >= 4 is 17.7 Å². The van der Waals surface area contributed by atoms with Crippen LogP contribution in [0.25, 0.3) is 23.0 Å². The van der Waals surface area contributed by atoms with Crippen LogP contribution in [0.4, 0.5) is 5.69 Å². The van der Waals surface area contributed by atoms with E-state index in [1.165, 1.54) is 0 Å². The lowest BCUT2D eigenvalue weighted by molar-refractivity contribution is -0.111. The van der Waals surface area contributed by atoms with Crippen LogP contribution in [0.3, 0.4) is 0 Å². The van der Waals surface area contributed by atoms with Crippen LogP contribution in [0.5, 0.6) is 0 Å². The SMILES string of the molecule is Cc1ccc(NC(=O)C=Cc2cn(-c3ccccc3)nc2-c2ccccc2)cc1. The predicted octanol–water partition coefficient (Wildman–Crippen LogP) is 5.50. The molecule has 4 heteroatoms. The topological polar surface area (TPSA) is 46.9 Å². The lowest BCUT2D eigenvalue weighted by Gasteiger charge is -2.02. The summed E-state index contributed by atoms with van der Waals surface area (Å²) in [5.74, 6) is -0.180. The van der Waals surface area contributed by atoms with E-state index in [9.17, 15) is 4.79 Å². The third kappa shape index (κ3) is 4.50. The number of nitrogens with one attached hydrogen (secondary N) is 1. The first-order valence-electron chi connectivity index (χ1n) is 9.45. The highest BCUT2D eigenvalue weighted by molar-refractivity contribution is 6.02. The molecule has 0 saturated heterocycles. The van der Waals surface area contributed by atoms with Gasteiger partial charge in [0.2, 0.25) is 5.91 Å². The maximum atomic E-state index is 12.4. The van der Waals surface area contributed by atoms with Gasteiger partial charge in [-0.25, -0.2) is 4.68 Å². The maximum Gasteiger partial charge on any atom is 0.248 e. The summed E-state index contributed by atoms with van der Waals surface area (Å²) in [6.07, 6.45) is 5.28. The van der Waals surface area contributed by atoms with Crippen molar-refractivity contribution in [2.24, 2.45) is 0 Å². The molecular weight excluding hydrogens is 358 g/mol. The van der Waals surface area contributed by atoms with Crippen LogP contribution in [-0.2, 0) is 4.79 Å². The predicted molar refractivity (Wildman–Crippen MR) is 118 cm³/mol. The Morgan fingerprint density at radius 2 is 1.55 bits per heavy atom. The van der Waals surface area contributed by atoms with E-state index >= 15 is 0 Å². The Kier molecular flexibility index (Phi) is 5.34. The second-order valence-corrected chi connectivity index (χ2v) is 6.77. The van der Waals surface area contributed by atoms with E-state index in [0.717, 1.165) is 33.8 Å². The normalized spacial score (nSPS) is 10.9. The van der Waals surface area contributed by atoms with Crippen LogP contribution in [0, 0.1) is 6.92 Å². The Morgan fingerprint density at radius 1 is 0.897 bits per heavy atom. The highest BCUT2D eigenvalue weighted by Crippen LogP contribution is 2.24. The molecule has 0 aliphatic carbocycles. The monoisotopic (exact) mass is 379 g/mol. The quantitative estimate of drug-likeness (QED) is 0.466. The summed E-state index contributed by atoms with van der Waals surface area (Å²) >= 11 is 0. The molecule has 1 N–H and O–H groups in total. The molecule has 0 bridgehead atoms. The molecule has 3 aromatic carbocycles. The van der Waals surface area contributed by atoms with Crippen molar-refractivity contribution in [1.82, 2.24) is 9.78 Å². The number of hydrogen-bond donors (Lipinski definition) is 1. The number of aromatic nitrogens is 2. The zero-order valence-corrected chi connectivity index (χ0v) is 16.1. The first-order valence-corrected chi connectivity index (χ1v) is 9.45. The highest BCUT2D eigenvalue weighted by atomic mass is 16.1. The highest BCUT2D eigenvalue weighted by Gasteiger charge is 2.10. The molecule has 0 aliphatic rings. The average Bonchev–Trinajstić information content (AvgIpc) is 3.20. The van der Waals surface area contributed by atoms with E-state index in [1.54, 1.807) is 12.2 Å². The van der Waals surface area contributed by atoms with Gasteiger partial charge in [0, 0.05) is 29.1 Å². The molecule has 0 spiro atoms. The summed E-state index contributed by atoms with van der Waals surface area (Å²) in [6.45, 7) is 2.01. The van der Waals surface area contributed by atoms with Crippen molar-refractivity contribution in [3.8, 4) is 16.9 Å². The van der Waals surface area contributed by atoms with Gasteiger partial charge in [-0.2, -0.15) is 5.10 Å². The molecule has 4 nitrogen and oxygen atoms in total. The molecule has 1 amide bonds. The van der Waals surface area contributed by atoms with E-state index in [2.05, 4.69) is 5.32 Å². The van der Waals surface area contributed by atoms with E-state index in [-0.39, 0.29) is 5.91 Å². The van der Waals surface area contributed by atoms with Gasteiger partial charge in [-0.3, -0.25) is 4.79 Å². The van der Waals surface area contributed by atoms with Gasteiger partial charge >= 0.3 is 0 Å². The minimum atomic E-state index is -0.180. The second-order valence-electron chi connectivity index (χ2n) is 6.77. The van der Waals surface area contributed by atoms with Gasteiger partial charge in [0.15, 0.2) is 0 Å². The number of aryl methyl sites for hydroxylation is 1. The fraction of sp³-hybridized carbons (Fsp3) is 0.0400. The van der Waals surface area contributed by atoms with Crippen molar-refractivity contribution in [3.63, 3.8) is 0 Å². The molecule has 29 heavy (non-hydrogen) atoms. The van der Waals surface area contributed by atoms with Crippen LogP contribution in [-0.4, -0.2) is 15.7 Å². The number of para-hydroxylation sites is 1. The van der Waals surface area contributed by atoms with Gasteiger partial charge in [-0.05, 0) is 37.3 Å². The molecule has 0 atom stereocenters. The minimum absolute atomic E-state index is 0.180. The van der Waals surface area contributed by atoms with Crippen LogP contribution >= 0.6 is 0 Å². The number of nitrogens with zero attached hydrogens (tertiary/aromatic N) is 2. The summed E-state index contributed by atoms with van der Waals surface area (Å²) in [7, 11) is 0. The smallest absolute Gasteiger partial charge is 0.248 e. The van der Waals surface area contributed by atoms with Gasteiger partial charge in [0.05, 0.1) is 11.4 Å². The van der Waals surface area contributed by atoms with Crippen LogP contribution < -0.4 is 5.32 Å². The maximum absolute atomic E-state index is 12.4. The first kappa shape index (κ1) is 18.4. The third-order valence-corrected chi connectivity index (χ3v) is 4.54. The lowest BCUT2D eigenvalue weighted by atomic mass is 10.1.